The third kappa shape index (κ3) is 8.14. The maximum atomic E-state index is 12.5. The highest BCUT2D eigenvalue weighted by atomic mass is 31.2. The topological polar surface area (TPSA) is 124 Å². The third-order valence-electron chi connectivity index (χ3n) is 4.17. The fraction of sp³-hybridized carbons (Fsp3) is 0.550. The first kappa shape index (κ1) is 26.2. The molecule has 0 atom stereocenters. The van der Waals surface area contributed by atoms with Gasteiger partial charge < -0.3 is 24.3 Å². The number of hydrogen-bond donors (Lipinski definition) is 1. The van der Waals surface area contributed by atoms with E-state index in [-0.39, 0.29) is 32.5 Å². The Bertz CT molecular complexity index is 979. The molecular formula is C20H34N5O5PSi. The first-order valence-corrected chi connectivity index (χ1v) is 15.8. The van der Waals surface area contributed by atoms with Gasteiger partial charge in [0.2, 0.25) is 11.8 Å². The quantitative estimate of drug-likeness (QED) is 0.236. The van der Waals surface area contributed by atoms with Crippen molar-refractivity contribution in [2.75, 3.05) is 32.2 Å². The minimum atomic E-state index is -3.27. The standard InChI is InChI=1S/C20H34N5O5PSi/c1-7-29-31(26,30-8-2)11-9-16(3)13-27-15-25-14-22-17-18(25)23-20(21)24-19(17)28-10-12-32(4,5)6/h9,11,14H,3,7-8,10,12-13,15H2,1-2,4-6H3,(H2,21,23,24). The molecule has 0 unspecified atom stereocenters. The molecule has 0 bridgehead atoms. The van der Waals surface area contributed by atoms with Crippen LogP contribution in [0.5, 0.6) is 5.88 Å². The van der Waals surface area contributed by atoms with Gasteiger partial charge in [0.1, 0.15) is 6.73 Å². The van der Waals surface area contributed by atoms with Gasteiger partial charge in [-0.25, -0.2) is 4.98 Å². The lowest BCUT2D eigenvalue weighted by atomic mass is 10.3. The lowest BCUT2D eigenvalue weighted by Gasteiger charge is -2.15. The summed E-state index contributed by atoms with van der Waals surface area (Å²) in [5, 5.41) is 0. The average molecular weight is 484 g/mol. The summed E-state index contributed by atoms with van der Waals surface area (Å²) in [6.45, 7) is 15.8. The molecule has 0 amide bonds. The highest BCUT2D eigenvalue weighted by Crippen LogP contribution is 2.49. The molecule has 10 nitrogen and oxygen atoms in total. The van der Waals surface area contributed by atoms with Gasteiger partial charge in [0.05, 0.1) is 32.8 Å². The maximum Gasteiger partial charge on any atom is 0.354 e. The van der Waals surface area contributed by atoms with Crippen LogP contribution in [-0.2, 0) is 25.1 Å². The predicted molar refractivity (Wildman–Crippen MR) is 128 cm³/mol. The van der Waals surface area contributed by atoms with Crippen LogP contribution in [-0.4, -0.2) is 54.0 Å². The van der Waals surface area contributed by atoms with E-state index in [0.717, 1.165) is 6.04 Å². The van der Waals surface area contributed by atoms with Crippen molar-refractivity contribution in [2.45, 2.75) is 46.3 Å². The van der Waals surface area contributed by atoms with E-state index >= 15 is 0 Å². The second-order valence-electron chi connectivity index (χ2n) is 8.26. The molecule has 2 N–H and O–H groups in total. The smallest absolute Gasteiger partial charge is 0.354 e. The molecule has 178 valence electrons. The van der Waals surface area contributed by atoms with Crippen LogP contribution in [0.3, 0.4) is 0 Å². The average Bonchev–Trinajstić information content (AvgIpc) is 3.09. The molecule has 2 aromatic rings. The van der Waals surface area contributed by atoms with Crippen LogP contribution in [0.15, 0.2) is 30.4 Å². The summed E-state index contributed by atoms with van der Waals surface area (Å²) < 4.78 is 36.2. The Labute approximate surface area is 190 Å². The number of anilines is 1. The molecule has 0 saturated carbocycles. The van der Waals surface area contributed by atoms with Gasteiger partial charge in [-0.15, -0.1) is 0 Å². The molecule has 2 rings (SSSR count). The zero-order chi connectivity index (χ0) is 23.8. The molecule has 0 aliphatic rings. The summed E-state index contributed by atoms with van der Waals surface area (Å²) in [7, 11) is -4.51. The van der Waals surface area contributed by atoms with E-state index in [4.69, 9.17) is 24.3 Å². The van der Waals surface area contributed by atoms with Gasteiger partial charge in [0.15, 0.2) is 11.2 Å². The highest BCUT2D eigenvalue weighted by molar-refractivity contribution is 7.57. The number of rotatable bonds is 14. The fourth-order valence-corrected chi connectivity index (χ4v) is 4.66. The molecule has 0 radical (unpaired) electrons. The molecule has 0 fully saturated rings. The maximum absolute atomic E-state index is 12.5. The highest BCUT2D eigenvalue weighted by Gasteiger charge is 2.19. The number of fused-ring (bicyclic) bond motifs is 1. The Morgan fingerprint density at radius 1 is 1.25 bits per heavy atom. The molecule has 0 aliphatic carbocycles. The van der Waals surface area contributed by atoms with Crippen LogP contribution >= 0.6 is 7.60 Å². The summed E-state index contributed by atoms with van der Waals surface area (Å²) in [4.78, 5) is 12.8. The van der Waals surface area contributed by atoms with Crippen molar-refractivity contribution in [3.63, 3.8) is 0 Å². The van der Waals surface area contributed by atoms with Crippen molar-refractivity contribution in [1.82, 2.24) is 19.5 Å². The number of nitrogens with zero attached hydrogens (tertiary/aromatic N) is 4. The van der Waals surface area contributed by atoms with Crippen molar-refractivity contribution >= 4 is 32.8 Å². The summed E-state index contributed by atoms with van der Waals surface area (Å²) in [5.74, 6) is 1.88. The van der Waals surface area contributed by atoms with E-state index in [1.54, 1.807) is 30.8 Å². The Kier molecular flexibility index (Phi) is 9.59. The fourth-order valence-electron chi connectivity index (χ4n) is 2.59. The van der Waals surface area contributed by atoms with Crippen LogP contribution in [0.1, 0.15) is 13.8 Å². The van der Waals surface area contributed by atoms with Gasteiger partial charge in [-0.3, -0.25) is 9.13 Å². The van der Waals surface area contributed by atoms with E-state index < -0.39 is 15.7 Å². The normalized spacial score (nSPS) is 12.7. The van der Waals surface area contributed by atoms with E-state index in [2.05, 4.69) is 41.2 Å². The molecule has 0 aliphatic heterocycles. The third-order valence-corrected chi connectivity index (χ3v) is 7.62. The Morgan fingerprint density at radius 3 is 2.56 bits per heavy atom. The summed E-state index contributed by atoms with van der Waals surface area (Å²) in [5.41, 5.74) is 7.54. The number of ether oxygens (including phenoxy) is 2. The molecule has 0 spiro atoms. The van der Waals surface area contributed by atoms with Gasteiger partial charge >= 0.3 is 7.60 Å². The van der Waals surface area contributed by atoms with Gasteiger partial charge in [0, 0.05) is 13.9 Å². The molecule has 2 heterocycles. The molecular weight excluding hydrogens is 449 g/mol. The largest absolute Gasteiger partial charge is 0.476 e. The van der Waals surface area contributed by atoms with E-state index in [1.807, 2.05) is 0 Å². The molecule has 2 aromatic heterocycles. The van der Waals surface area contributed by atoms with Crippen LogP contribution in [0.25, 0.3) is 11.2 Å². The van der Waals surface area contributed by atoms with E-state index in [0.29, 0.717) is 29.2 Å². The van der Waals surface area contributed by atoms with Crippen LogP contribution < -0.4 is 10.5 Å². The first-order chi connectivity index (χ1) is 15.1. The van der Waals surface area contributed by atoms with E-state index in [1.165, 1.54) is 5.82 Å². The molecule has 0 saturated heterocycles. The molecule has 0 aromatic carbocycles. The zero-order valence-electron chi connectivity index (χ0n) is 19.5. The minimum absolute atomic E-state index is 0.109. The number of nitrogen functional groups attached to an aromatic ring is 1. The second kappa shape index (κ2) is 11.7. The molecule has 32 heavy (non-hydrogen) atoms. The Balaban J connectivity index is 1.99. The number of aromatic nitrogens is 4. The van der Waals surface area contributed by atoms with Gasteiger partial charge in [0.25, 0.3) is 0 Å². The first-order valence-electron chi connectivity index (χ1n) is 10.5. The number of imidazole rings is 1. The van der Waals surface area contributed by atoms with Crippen LogP contribution in [0, 0.1) is 0 Å². The Hall–Kier alpha value is -2.04. The SMILES string of the molecule is C=C(C=CP(=O)(OCC)OCC)COCn1cnc2c(OCC[Si](C)(C)C)nc(N)nc21. The zero-order valence-corrected chi connectivity index (χ0v) is 21.4. The van der Waals surface area contributed by atoms with Gasteiger partial charge in [-0.05, 0) is 31.5 Å². The van der Waals surface area contributed by atoms with Crippen molar-refractivity contribution in [2.24, 2.45) is 0 Å². The van der Waals surface area contributed by atoms with Crippen LogP contribution in [0.4, 0.5) is 5.95 Å². The minimum Gasteiger partial charge on any atom is -0.476 e. The monoisotopic (exact) mass is 483 g/mol. The van der Waals surface area contributed by atoms with Gasteiger partial charge in [-0.1, -0.05) is 26.2 Å². The number of nitrogens with two attached hydrogens (primary N) is 1. The summed E-state index contributed by atoms with van der Waals surface area (Å²) >= 11 is 0. The summed E-state index contributed by atoms with van der Waals surface area (Å²) in [6.07, 6.45) is 3.18. The lowest BCUT2D eigenvalue weighted by Crippen LogP contribution is -2.22. The summed E-state index contributed by atoms with van der Waals surface area (Å²) in [6, 6.07) is 0.997. The van der Waals surface area contributed by atoms with Crippen molar-refractivity contribution < 1.29 is 23.1 Å². The van der Waals surface area contributed by atoms with Crippen molar-refractivity contribution in [1.29, 1.82) is 0 Å². The number of hydrogen-bond acceptors (Lipinski definition) is 9. The molecule has 12 heteroatoms. The predicted octanol–water partition coefficient (Wildman–Crippen LogP) is 4.44. The lowest BCUT2D eigenvalue weighted by molar-refractivity contribution is 0.0992. The van der Waals surface area contributed by atoms with Crippen LogP contribution in [0.2, 0.25) is 25.7 Å². The van der Waals surface area contributed by atoms with Crippen molar-refractivity contribution in [3.05, 3.63) is 30.4 Å². The second-order valence-corrected chi connectivity index (χ2v) is 15.8. The van der Waals surface area contributed by atoms with Crippen molar-refractivity contribution in [3.8, 4) is 5.88 Å². The Morgan fingerprint density at radius 2 is 1.94 bits per heavy atom. The van der Waals surface area contributed by atoms with Gasteiger partial charge in [-0.2, -0.15) is 9.97 Å². The van der Waals surface area contributed by atoms with E-state index in [9.17, 15) is 4.57 Å².